The Morgan fingerprint density at radius 2 is 2.05 bits per heavy atom. The van der Waals surface area contributed by atoms with Crippen LogP contribution in [-0.2, 0) is 4.79 Å². The van der Waals surface area contributed by atoms with Crippen molar-refractivity contribution >= 4 is 5.91 Å². The minimum Gasteiger partial charge on any atom is -0.353 e. The van der Waals surface area contributed by atoms with E-state index in [0.29, 0.717) is 18.6 Å². The van der Waals surface area contributed by atoms with Crippen LogP contribution in [0.25, 0.3) is 0 Å². The van der Waals surface area contributed by atoms with Crippen molar-refractivity contribution in [2.24, 2.45) is 11.1 Å². The van der Waals surface area contributed by atoms with Crippen molar-refractivity contribution in [2.75, 3.05) is 20.1 Å². The third-order valence-corrected chi connectivity index (χ3v) is 5.23. The van der Waals surface area contributed by atoms with Crippen LogP contribution in [0.3, 0.4) is 0 Å². The van der Waals surface area contributed by atoms with E-state index in [0.717, 1.165) is 45.1 Å². The summed E-state index contributed by atoms with van der Waals surface area (Å²) >= 11 is 0. The fraction of sp³-hybridized carbons (Fsp3) is 0.933. The SMILES string of the molecule is CC1CC(NC(=O)C2(CN)CCCCC2)CCN1C. The topological polar surface area (TPSA) is 58.4 Å². The molecular formula is C15H29N3O. The first-order valence-corrected chi connectivity index (χ1v) is 7.79. The maximum atomic E-state index is 12.6. The third kappa shape index (κ3) is 3.29. The summed E-state index contributed by atoms with van der Waals surface area (Å²) in [6.45, 7) is 3.81. The van der Waals surface area contributed by atoms with Gasteiger partial charge in [-0.2, -0.15) is 0 Å². The lowest BCUT2D eigenvalue weighted by Gasteiger charge is -2.39. The lowest BCUT2D eigenvalue weighted by atomic mass is 9.73. The van der Waals surface area contributed by atoms with Crippen molar-refractivity contribution < 1.29 is 4.79 Å². The molecule has 110 valence electrons. The zero-order valence-electron chi connectivity index (χ0n) is 12.5. The molecule has 1 aliphatic heterocycles. The molecule has 0 aromatic rings. The second-order valence-electron chi connectivity index (χ2n) is 6.57. The summed E-state index contributed by atoms with van der Waals surface area (Å²) in [4.78, 5) is 15.0. The maximum absolute atomic E-state index is 12.6. The molecule has 2 rings (SSSR count). The molecular weight excluding hydrogens is 238 g/mol. The van der Waals surface area contributed by atoms with Crippen LogP contribution in [0.2, 0.25) is 0 Å². The number of amides is 1. The Morgan fingerprint density at radius 1 is 1.37 bits per heavy atom. The van der Waals surface area contributed by atoms with Gasteiger partial charge in [0.2, 0.25) is 5.91 Å². The fourth-order valence-electron chi connectivity index (χ4n) is 3.51. The van der Waals surface area contributed by atoms with Crippen molar-refractivity contribution in [3.8, 4) is 0 Å². The van der Waals surface area contributed by atoms with E-state index in [1.165, 1.54) is 6.42 Å². The van der Waals surface area contributed by atoms with Crippen LogP contribution >= 0.6 is 0 Å². The molecule has 2 fully saturated rings. The van der Waals surface area contributed by atoms with Gasteiger partial charge in [-0.05, 0) is 39.7 Å². The van der Waals surface area contributed by atoms with E-state index >= 15 is 0 Å². The molecule has 4 heteroatoms. The average Bonchev–Trinajstić information content (AvgIpc) is 2.43. The molecule has 19 heavy (non-hydrogen) atoms. The van der Waals surface area contributed by atoms with E-state index in [2.05, 4.69) is 24.2 Å². The number of piperidine rings is 1. The normalized spacial score (nSPS) is 31.9. The molecule has 1 saturated carbocycles. The van der Waals surface area contributed by atoms with Crippen LogP contribution < -0.4 is 11.1 Å². The highest BCUT2D eigenvalue weighted by molar-refractivity contribution is 5.83. The summed E-state index contributed by atoms with van der Waals surface area (Å²) in [6, 6.07) is 0.892. The predicted octanol–water partition coefficient (Wildman–Crippen LogP) is 1.49. The maximum Gasteiger partial charge on any atom is 0.227 e. The first-order valence-electron chi connectivity index (χ1n) is 7.79. The first-order chi connectivity index (χ1) is 9.07. The van der Waals surface area contributed by atoms with Gasteiger partial charge < -0.3 is 16.0 Å². The van der Waals surface area contributed by atoms with Gasteiger partial charge in [0.1, 0.15) is 0 Å². The largest absolute Gasteiger partial charge is 0.353 e. The summed E-state index contributed by atoms with van der Waals surface area (Å²) in [5, 5.41) is 3.29. The van der Waals surface area contributed by atoms with Crippen LogP contribution in [-0.4, -0.2) is 43.0 Å². The molecule has 1 amide bonds. The second-order valence-corrected chi connectivity index (χ2v) is 6.57. The summed E-state index contributed by atoms with van der Waals surface area (Å²) in [5.41, 5.74) is 5.65. The van der Waals surface area contributed by atoms with Gasteiger partial charge in [0, 0.05) is 25.2 Å². The van der Waals surface area contributed by atoms with Crippen molar-refractivity contribution in [1.82, 2.24) is 10.2 Å². The second kappa shape index (κ2) is 6.23. The van der Waals surface area contributed by atoms with Gasteiger partial charge in [-0.1, -0.05) is 19.3 Å². The molecule has 2 unspecified atom stereocenters. The molecule has 3 N–H and O–H groups in total. The van der Waals surface area contributed by atoms with Gasteiger partial charge in [0.25, 0.3) is 0 Å². The zero-order valence-corrected chi connectivity index (χ0v) is 12.5. The van der Waals surface area contributed by atoms with Crippen molar-refractivity contribution in [3.05, 3.63) is 0 Å². The number of nitrogens with one attached hydrogen (secondary N) is 1. The zero-order chi connectivity index (χ0) is 13.9. The molecule has 0 radical (unpaired) electrons. The molecule has 0 aromatic heterocycles. The van der Waals surface area contributed by atoms with Gasteiger partial charge in [0.15, 0.2) is 0 Å². The van der Waals surface area contributed by atoms with Crippen molar-refractivity contribution in [3.63, 3.8) is 0 Å². The van der Waals surface area contributed by atoms with Gasteiger partial charge in [0.05, 0.1) is 5.41 Å². The van der Waals surface area contributed by atoms with E-state index in [4.69, 9.17) is 5.73 Å². The van der Waals surface area contributed by atoms with E-state index < -0.39 is 0 Å². The van der Waals surface area contributed by atoms with Crippen LogP contribution in [0, 0.1) is 5.41 Å². The van der Waals surface area contributed by atoms with E-state index in [9.17, 15) is 4.79 Å². The quantitative estimate of drug-likeness (QED) is 0.814. The number of carbonyl (C=O) groups is 1. The summed E-state index contributed by atoms with van der Waals surface area (Å²) < 4.78 is 0. The summed E-state index contributed by atoms with van der Waals surface area (Å²) in [7, 11) is 2.16. The van der Waals surface area contributed by atoms with Crippen molar-refractivity contribution in [2.45, 2.75) is 64.0 Å². The molecule has 0 aromatic carbocycles. The van der Waals surface area contributed by atoms with E-state index in [-0.39, 0.29) is 11.3 Å². The van der Waals surface area contributed by atoms with Gasteiger partial charge in [-0.3, -0.25) is 4.79 Å². The number of nitrogens with two attached hydrogens (primary N) is 1. The number of likely N-dealkylation sites (tertiary alicyclic amines) is 1. The number of carbonyl (C=O) groups excluding carboxylic acids is 1. The Labute approximate surface area is 117 Å². The number of nitrogens with zero attached hydrogens (tertiary/aromatic N) is 1. The Bertz CT molecular complexity index is 313. The first kappa shape index (κ1) is 14.8. The highest BCUT2D eigenvalue weighted by Gasteiger charge is 2.39. The van der Waals surface area contributed by atoms with E-state index in [1.807, 2.05) is 0 Å². The average molecular weight is 267 g/mol. The smallest absolute Gasteiger partial charge is 0.227 e. The fourth-order valence-corrected chi connectivity index (χ4v) is 3.51. The monoisotopic (exact) mass is 267 g/mol. The molecule has 1 aliphatic carbocycles. The van der Waals surface area contributed by atoms with Gasteiger partial charge in [-0.15, -0.1) is 0 Å². The van der Waals surface area contributed by atoms with Gasteiger partial charge >= 0.3 is 0 Å². The Morgan fingerprint density at radius 3 is 2.63 bits per heavy atom. The van der Waals surface area contributed by atoms with Crippen LogP contribution in [0.15, 0.2) is 0 Å². The lowest BCUT2D eigenvalue weighted by Crippen LogP contribution is -2.53. The minimum absolute atomic E-state index is 0.219. The summed E-state index contributed by atoms with van der Waals surface area (Å²) in [6.07, 6.45) is 7.61. The highest BCUT2D eigenvalue weighted by Crippen LogP contribution is 2.36. The van der Waals surface area contributed by atoms with Crippen LogP contribution in [0.5, 0.6) is 0 Å². The number of rotatable bonds is 3. The molecule has 1 saturated heterocycles. The Balaban J connectivity index is 1.92. The van der Waals surface area contributed by atoms with Crippen molar-refractivity contribution in [1.29, 1.82) is 0 Å². The molecule has 0 bridgehead atoms. The molecule has 2 atom stereocenters. The molecule has 0 spiro atoms. The highest BCUT2D eigenvalue weighted by atomic mass is 16.2. The Kier molecular flexibility index (Phi) is 4.85. The number of hydrogen-bond donors (Lipinski definition) is 2. The van der Waals surface area contributed by atoms with E-state index in [1.54, 1.807) is 0 Å². The van der Waals surface area contributed by atoms with Crippen LogP contribution in [0.1, 0.15) is 51.9 Å². The minimum atomic E-state index is -0.273. The van der Waals surface area contributed by atoms with Crippen LogP contribution in [0.4, 0.5) is 0 Å². The molecule has 4 nitrogen and oxygen atoms in total. The molecule has 2 aliphatic rings. The predicted molar refractivity (Wildman–Crippen MR) is 77.8 cm³/mol. The Hall–Kier alpha value is -0.610. The third-order valence-electron chi connectivity index (χ3n) is 5.23. The lowest BCUT2D eigenvalue weighted by molar-refractivity contribution is -0.133. The number of hydrogen-bond acceptors (Lipinski definition) is 3. The molecule has 1 heterocycles. The summed E-state index contributed by atoms with van der Waals surface area (Å²) in [5.74, 6) is 0.219. The standard InChI is InChI=1S/C15H29N3O/c1-12-10-13(6-9-18(12)2)17-14(19)15(11-16)7-4-3-5-8-15/h12-13H,3-11,16H2,1-2H3,(H,17,19). The van der Waals surface area contributed by atoms with Gasteiger partial charge in [-0.25, -0.2) is 0 Å².